The van der Waals surface area contributed by atoms with E-state index in [9.17, 15) is 22.8 Å². The maximum atomic E-state index is 12.3. The molecular weight excluding hydrogens is 419 g/mol. The Kier molecular flexibility index (Phi) is 5.66. The Morgan fingerprint density at radius 1 is 1.43 bits per heavy atom. The van der Waals surface area contributed by atoms with E-state index in [0.29, 0.717) is 10.7 Å². The third kappa shape index (κ3) is 4.65. The van der Waals surface area contributed by atoms with E-state index in [1.807, 2.05) is 0 Å². The Balaban J connectivity index is 1.88. The van der Waals surface area contributed by atoms with Crippen LogP contribution < -0.4 is 10.9 Å². The van der Waals surface area contributed by atoms with E-state index in [0.717, 1.165) is 11.8 Å². The molecule has 0 radical (unpaired) electrons. The van der Waals surface area contributed by atoms with Crippen molar-refractivity contribution in [2.45, 2.75) is 23.5 Å². The Bertz CT molecular complexity index is 1080. The van der Waals surface area contributed by atoms with Crippen LogP contribution in [-0.4, -0.2) is 43.6 Å². The molecule has 0 fully saturated rings. The van der Waals surface area contributed by atoms with Crippen LogP contribution in [0.2, 0.25) is 5.02 Å². The fourth-order valence-corrected chi connectivity index (χ4v) is 3.30. The van der Waals surface area contributed by atoms with E-state index in [1.54, 1.807) is 29.6 Å². The van der Waals surface area contributed by atoms with Gasteiger partial charge in [-0.15, -0.1) is 0 Å². The summed E-state index contributed by atoms with van der Waals surface area (Å²) in [5.74, 6) is -0.826. The number of halogens is 4. The second kappa shape index (κ2) is 7.84. The van der Waals surface area contributed by atoms with Crippen molar-refractivity contribution in [1.82, 2.24) is 25.1 Å². The standard InChI is InChI=1S/C16H13ClF3N5O2S/c1-8(13(26)21-7-16(18,19)20)28-15-23-12-11(14(27)24-15)6-22-25(12)10-4-2-3-9(17)5-10/h2-6,8H,7H2,1H3,(H,21,26)(H,23,24,27). The molecule has 0 bridgehead atoms. The smallest absolute Gasteiger partial charge is 0.346 e. The average Bonchev–Trinajstić information content (AvgIpc) is 3.03. The fourth-order valence-electron chi connectivity index (χ4n) is 2.30. The Labute approximate surface area is 165 Å². The predicted molar refractivity (Wildman–Crippen MR) is 98.9 cm³/mol. The monoisotopic (exact) mass is 431 g/mol. The summed E-state index contributed by atoms with van der Waals surface area (Å²) in [4.78, 5) is 30.9. The van der Waals surface area contributed by atoms with E-state index in [2.05, 4.69) is 15.1 Å². The Morgan fingerprint density at radius 2 is 2.18 bits per heavy atom. The number of nitrogens with one attached hydrogen (secondary N) is 2. The molecule has 0 aliphatic carbocycles. The third-order valence-corrected chi connectivity index (χ3v) is 4.81. The van der Waals surface area contributed by atoms with E-state index in [-0.39, 0.29) is 16.2 Å². The van der Waals surface area contributed by atoms with Gasteiger partial charge in [-0.25, -0.2) is 9.67 Å². The van der Waals surface area contributed by atoms with Crippen molar-refractivity contribution in [3.63, 3.8) is 0 Å². The van der Waals surface area contributed by atoms with Gasteiger partial charge in [0.2, 0.25) is 5.91 Å². The van der Waals surface area contributed by atoms with Gasteiger partial charge < -0.3 is 10.3 Å². The highest BCUT2D eigenvalue weighted by Crippen LogP contribution is 2.23. The number of carbonyl (C=O) groups is 1. The molecule has 3 aromatic rings. The zero-order valence-electron chi connectivity index (χ0n) is 14.2. The first-order chi connectivity index (χ1) is 13.1. The van der Waals surface area contributed by atoms with Gasteiger partial charge in [-0.2, -0.15) is 18.3 Å². The van der Waals surface area contributed by atoms with Crippen LogP contribution in [0.1, 0.15) is 6.92 Å². The van der Waals surface area contributed by atoms with Crippen LogP contribution in [0.15, 0.2) is 40.4 Å². The van der Waals surface area contributed by atoms with Crippen LogP contribution in [0, 0.1) is 0 Å². The van der Waals surface area contributed by atoms with Gasteiger partial charge in [0, 0.05) is 5.02 Å². The number of carbonyl (C=O) groups excluding carboxylic acids is 1. The van der Waals surface area contributed by atoms with Crippen LogP contribution >= 0.6 is 23.4 Å². The average molecular weight is 432 g/mol. The summed E-state index contributed by atoms with van der Waals surface area (Å²) in [6.07, 6.45) is -3.16. The molecular formula is C16H13ClF3N5O2S. The van der Waals surface area contributed by atoms with Crippen LogP contribution in [0.5, 0.6) is 0 Å². The molecule has 0 aliphatic heterocycles. The maximum Gasteiger partial charge on any atom is 0.405 e. The Hall–Kier alpha value is -2.53. The van der Waals surface area contributed by atoms with Crippen molar-refractivity contribution in [2.75, 3.05) is 6.54 Å². The normalized spacial score (nSPS) is 12.9. The summed E-state index contributed by atoms with van der Waals surface area (Å²) >= 11 is 6.81. The van der Waals surface area contributed by atoms with Crippen molar-refractivity contribution in [3.8, 4) is 5.69 Å². The van der Waals surface area contributed by atoms with Crippen molar-refractivity contribution in [1.29, 1.82) is 0 Å². The molecule has 2 heterocycles. The number of nitrogens with zero attached hydrogens (tertiary/aromatic N) is 3. The highest BCUT2D eigenvalue weighted by atomic mass is 35.5. The van der Waals surface area contributed by atoms with Crippen LogP contribution in [0.25, 0.3) is 16.7 Å². The number of rotatable bonds is 5. The molecule has 0 saturated carbocycles. The molecule has 12 heteroatoms. The number of fused-ring (bicyclic) bond motifs is 1. The van der Waals surface area contributed by atoms with Crippen molar-refractivity contribution in [2.24, 2.45) is 0 Å². The van der Waals surface area contributed by atoms with Crippen molar-refractivity contribution >= 4 is 40.3 Å². The number of thioether (sulfide) groups is 1. The quantitative estimate of drug-likeness (QED) is 0.478. The lowest BCUT2D eigenvalue weighted by Crippen LogP contribution is -2.38. The van der Waals surface area contributed by atoms with Gasteiger partial charge in [-0.3, -0.25) is 9.59 Å². The number of aromatic nitrogens is 4. The number of amides is 1. The number of hydrogen-bond acceptors (Lipinski definition) is 5. The first kappa shape index (κ1) is 20.2. The lowest BCUT2D eigenvalue weighted by atomic mass is 10.3. The maximum absolute atomic E-state index is 12.3. The van der Waals surface area contributed by atoms with E-state index in [4.69, 9.17) is 11.6 Å². The minimum Gasteiger partial charge on any atom is -0.346 e. The lowest BCUT2D eigenvalue weighted by Gasteiger charge is -2.13. The van der Waals surface area contributed by atoms with Crippen molar-refractivity contribution < 1.29 is 18.0 Å². The third-order valence-electron chi connectivity index (χ3n) is 3.59. The summed E-state index contributed by atoms with van der Waals surface area (Å²) in [7, 11) is 0. The molecule has 1 aromatic carbocycles. The molecule has 0 spiro atoms. The summed E-state index contributed by atoms with van der Waals surface area (Å²) in [6, 6.07) is 6.75. The molecule has 7 nitrogen and oxygen atoms in total. The topological polar surface area (TPSA) is 92.7 Å². The molecule has 2 N–H and O–H groups in total. The molecule has 1 atom stereocenters. The van der Waals surface area contributed by atoms with Gasteiger partial charge in [0.1, 0.15) is 11.9 Å². The molecule has 1 unspecified atom stereocenters. The number of alkyl halides is 3. The molecule has 3 rings (SSSR count). The second-order valence-electron chi connectivity index (χ2n) is 5.74. The number of H-pyrrole nitrogens is 1. The molecule has 148 valence electrons. The van der Waals surface area contributed by atoms with Crippen LogP contribution in [-0.2, 0) is 4.79 Å². The number of hydrogen-bond donors (Lipinski definition) is 2. The van der Waals surface area contributed by atoms with E-state index < -0.39 is 29.4 Å². The fraction of sp³-hybridized carbons (Fsp3) is 0.250. The largest absolute Gasteiger partial charge is 0.405 e. The van der Waals surface area contributed by atoms with E-state index >= 15 is 0 Å². The zero-order valence-corrected chi connectivity index (χ0v) is 15.8. The first-order valence-corrected chi connectivity index (χ1v) is 9.15. The predicted octanol–water partition coefficient (Wildman–Crippen LogP) is 2.92. The summed E-state index contributed by atoms with van der Waals surface area (Å²) in [5, 5.41) is 5.79. The van der Waals surface area contributed by atoms with Gasteiger partial charge in [-0.1, -0.05) is 29.4 Å². The summed E-state index contributed by atoms with van der Waals surface area (Å²) in [6.45, 7) is -0.0178. The molecule has 2 aromatic heterocycles. The second-order valence-corrected chi connectivity index (χ2v) is 7.50. The molecule has 0 saturated heterocycles. The number of benzene rings is 1. The highest BCUT2D eigenvalue weighted by molar-refractivity contribution is 8.00. The molecule has 0 aliphatic rings. The summed E-state index contributed by atoms with van der Waals surface area (Å²) < 4.78 is 38.1. The molecule has 1 amide bonds. The van der Waals surface area contributed by atoms with Gasteiger partial charge in [-0.05, 0) is 25.1 Å². The number of aromatic amines is 1. The van der Waals surface area contributed by atoms with Crippen molar-refractivity contribution in [3.05, 3.63) is 45.8 Å². The van der Waals surface area contributed by atoms with Gasteiger partial charge >= 0.3 is 6.18 Å². The van der Waals surface area contributed by atoms with Crippen LogP contribution in [0.3, 0.4) is 0 Å². The van der Waals surface area contributed by atoms with Crippen LogP contribution in [0.4, 0.5) is 13.2 Å². The first-order valence-electron chi connectivity index (χ1n) is 7.89. The molecule has 28 heavy (non-hydrogen) atoms. The SMILES string of the molecule is CC(Sc1nc2c(cnn2-c2cccc(Cl)c2)c(=O)[nH]1)C(=O)NCC(F)(F)F. The minimum atomic E-state index is -4.50. The summed E-state index contributed by atoms with van der Waals surface area (Å²) in [5.41, 5.74) is 0.326. The van der Waals surface area contributed by atoms with Gasteiger partial charge in [0.25, 0.3) is 5.56 Å². The minimum absolute atomic E-state index is 0.0796. The highest BCUT2D eigenvalue weighted by Gasteiger charge is 2.29. The van der Waals surface area contributed by atoms with Gasteiger partial charge in [0.05, 0.1) is 17.1 Å². The zero-order chi connectivity index (χ0) is 20.5. The Morgan fingerprint density at radius 3 is 2.86 bits per heavy atom. The van der Waals surface area contributed by atoms with Gasteiger partial charge in [0.15, 0.2) is 10.8 Å². The van der Waals surface area contributed by atoms with E-state index in [1.165, 1.54) is 17.8 Å². The lowest BCUT2D eigenvalue weighted by molar-refractivity contribution is -0.137.